The largest absolute Gasteiger partial charge is 0.198 e. The van der Waals surface area contributed by atoms with Crippen molar-refractivity contribution in [2.24, 2.45) is 17.3 Å². The summed E-state index contributed by atoms with van der Waals surface area (Å²) >= 11 is 2.20. The minimum Gasteiger partial charge on any atom is -0.198 e. The van der Waals surface area contributed by atoms with Crippen molar-refractivity contribution in [2.45, 2.75) is 63.0 Å². The van der Waals surface area contributed by atoms with Gasteiger partial charge in [-0.1, -0.05) is 12.8 Å². The van der Waals surface area contributed by atoms with E-state index in [1.54, 1.807) is 0 Å². The predicted octanol–water partition coefficient (Wildman–Crippen LogP) is 4.38. The molecule has 0 aromatic rings. The minimum atomic E-state index is 0.0812. The first-order valence-corrected chi connectivity index (χ1v) is 8.37. The molecule has 3 rings (SSSR count). The van der Waals surface area contributed by atoms with Crippen LogP contribution in [0.5, 0.6) is 0 Å². The van der Waals surface area contributed by atoms with Crippen LogP contribution in [0.1, 0.15) is 57.8 Å². The summed E-state index contributed by atoms with van der Waals surface area (Å²) in [6.07, 6.45) is 11.9. The van der Waals surface area contributed by atoms with Crippen LogP contribution in [0, 0.1) is 28.6 Å². The summed E-state index contributed by atoms with van der Waals surface area (Å²) in [5.41, 5.74) is 0.0812. The summed E-state index contributed by atoms with van der Waals surface area (Å²) in [5, 5.41) is 10.3. The summed E-state index contributed by atoms with van der Waals surface area (Å²) in [7, 11) is 0. The molecule has 2 heteroatoms. The topological polar surface area (TPSA) is 23.8 Å². The van der Waals surface area contributed by atoms with Crippen molar-refractivity contribution in [1.82, 2.24) is 0 Å². The molecule has 0 radical (unpaired) electrons. The molecule has 3 aliphatic rings. The van der Waals surface area contributed by atoms with E-state index < -0.39 is 0 Å². The number of hydrogen-bond donors (Lipinski definition) is 0. The van der Waals surface area contributed by atoms with E-state index in [0.717, 1.165) is 17.1 Å². The SMILES string of the molecule is N#CC1(CC2CC2)CCC(SCC2CC2)CC1. The van der Waals surface area contributed by atoms with Crippen LogP contribution in [-0.2, 0) is 0 Å². The summed E-state index contributed by atoms with van der Waals surface area (Å²) in [4.78, 5) is 0. The molecule has 94 valence electrons. The van der Waals surface area contributed by atoms with Gasteiger partial charge in [0.05, 0.1) is 11.5 Å². The maximum absolute atomic E-state index is 9.48. The fourth-order valence-electron chi connectivity index (χ4n) is 3.10. The fourth-order valence-corrected chi connectivity index (χ4v) is 4.55. The lowest BCUT2D eigenvalue weighted by atomic mass is 9.72. The van der Waals surface area contributed by atoms with Crippen LogP contribution in [0.3, 0.4) is 0 Å². The Hall–Kier alpha value is -0.160. The molecule has 3 fully saturated rings. The normalized spacial score (nSPS) is 37.7. The molecule has 17 heavy (non-hydrogen) atoms. The standard InChI is InChI=1S/C15H23NS/c16-11-15(9-12-1-2-12)7-5-14(6-8-15)17-10-13-3-4-13/h12-14H,1-10H2. The quantitative estimate of drug-likeness (QED) is 0.722. The van der Waals surface area contributed by atoms with Crippen molar-refractivity contribution in [3.63, 3.8) is 0 Å². The van der Waals surface area contributed by atoms with Gasteiger partial charge in [0.2, 0.25) is 0 Å². The zero-order valence-electron chi connectivity index (χ0n) is 10.7. The van der Waals surface area contributed by atoms with E-state index in [4.69, 9.17) is 0 Å². The highest BCUT2D eigenvalue weighted by molar-refractivity contribution is 7.99. The van der Waals surface area contributed by atoms with Crippen molar-refractivity contribution >= 4 is 11.8 Å². The van der Waals surface area contributed by atoms with Gasteiger partial charge in [0, 0.05) is 5.25 Å². The lowest BCUT2D eigenvalue weighted by molar-refractivity contribution is 0.241. The van der Waals surface area contributed by atoms with Gasteiger partial charge in [0.25, 0.3) is 0 Å². The van der Waals surface area contributed by atoms with Crippen LogP contribution >= 0.6 is 11.8 Å². The van der Waals surface area contributed by atoms with E-state index >= 15 is 0 Å². The molecule has 3 saturated carbocycles. The molecule has 0 amide bonds. The minimum absolute atomic E-state index is 0.0812. The summed E-state index contributed by atoms with van der Waals surface area (Å²) in [6.45, 7) is 0. The van der Waals surface area contributed by atoms with Gasteiger partial charge in [0.1, 0.15) is 0 Å². The molecule has 0 saturated heterocycles. The van der Waals surface area contributed by atoms with Gasteiger partial charge in [0.15, 0.2) is 0 Å². The van der Waals surface area contributed by atoms with Gasteiger partial charge in [-0.2, -0.15) is 17.0 Å². The number of thioether (sulfide) groups is 1. The van der Waals surface area contributed by atoms with Crippen molar-refractivity contribution in [1.29, 1.82) is 5.26 Å². The molecular weight excluding hydrogens is 226 g/mol. The third-order valence-corrected chi connectivity index (χ3v) is 6.37. The van der Waals surface area contributed by atoms with E-state index in [2.05, 4.69) is 17.8 Å². The highest BCUT2D eigenvalue weighted by Crippen LogP contribution is 2.49. The molecule has 1 nitrogen and oxygen atoms in total. The third-order valence-electron chi connectivity index (χ3n) is 4.77. The first-order chi connectivity index (χ1) is 8.30. The second kappa shape index (κ2) is 4.84. The van der Waals surface area contributed by atoms with Crippen molar-refractivity contribution in [2.75, 3.05) is 5.75 Å². The van der Waals surface area contributed by atoms with Crippen LogP contribution in [0.4, 0.5) is 0 Å². The van der Waals surface area contributed by atoms with E-state index in [-0.39, 0.29) is 5.41 Å². The maximum atomic E-state index is 9.48. The van der Waals surface area contributed by atoms with Crippen molar-refractivity contribution in [3.05, 3.63) is 0 Å². The number of hydrogen-bond acceptors (Lipinski definition) is 2. The molecular formula is C15H23NS. The highest BCUT2D eigenvalue weighted by Gasteiger charge is 2.40. The van der Waals surface area contributed by atoms with Crippen LogP contribution in [-0.4, -0.2) is 11.0 Å². The zero-order valence-corrected chi connectivity index (χ0v) is 11.5. The van der Waals surface area contributed by atoms with Crippen molar-refractivity contribution < 1.29 is 0 Å². The number of rotatable bonds is 5. The second-order valence-electron chi connectivity index (χ2n) is 6.52. The molecule has 0 N–H and O–H groups in total. The van der Waals surface area contributed by atoms with Gasteiger partial charge in [-0.3, -0.25) is 0 Å². The van der Waals surface area contributed by atoms with Gasteiger partial charge in [-0.05, 0) is 62.5 Å². The third kappa shape index (κ3) is 3.19. The van der Waals surface area contributed by atoms with E-state index in [1.807, 2.05) is 0 Å². The summed E-state index contributed by atoms with van der Waals surface area (Å²) in [5.74, 6) is 3.35. The molecule has 0 aromatic carbocycles. The van der Waals surface area contributed by atoms with Gasteiger partial charge >= 0.3 is 0 Å². The Morgan fingerprint density at radius 1 is 1.00 bits per heavy atom. The fraction of sp³-hybridized carbons (Fsp3) is 0.933. The van der Waals surface area contributed by atoms with Gasteiger partial charge < -0.3 is 0 Å². The second-order valence-corrected chi connectivity index (χ2v) is 7.85. The molecule has 0 aromatic heterocycles. The smallest absolute Gasteiger partial charge is 0.0689 e. The number of nitrogens with zero attached hydrogens (tertiary/aromatic N) is 1. The molecule has 0 spiro atoms. The van der Waals surface area contributed by atoms with Crippen LogP contribution in [0.15, 0.2) is 0 Å². The van der Waals surface area contributed by atoms with Gasteiger partial charge in [-0.15, -0.1) is 0 Å². The molecule has 0 heterocycles. The van der Waals surface area contributed by atoms with Crippen molar-refractivity contribution in [3.8, 4) is 6.07 Å². The van der Waals surface area contributed by atoms with E-state index in [0.29, 0.717) is 0 Å². The van der Waals surface area contributed by atoms with Crippen LogP contribution in [0.25, 0.3) is 0 Å². The molecule has 0 bridgehead atoms. The first-order valence-electron chi connectivity index (χ1n) is 7.32. The maximum Gasteiger partial charge on any atom is 0.0689 e. The Bertz CT molecular complexity index is 303. The summed E-state index contributed by atoms with van der Waals surface area (Å²) in [6, 6.07) is 2.68. The summed E-state index contributed by atoms with van der Waals surface area (Å²) < 4.78 is 0. The van der Waals surface area contributed by atoms with E-state index in [9.17, 15) is 5.26 Å². The average Bonchev–Trinajstić information content (AvgIpc) is 3.23. The van der Waals surface area contributed by atoms with Crippen LogP contribution < -0.4 is 0 Å². The molecule has 0 aliphatic heterocycles. The first kappa shape index (κ1) is 11.9. The Morgan fingerprint density at radius 3 is 2.18 bits per heavy atom. The Labute approximate surface area is 109 Å². The number of nitriles is 1. The predicted molar refractivity (Wildman–Crippen MR) is 72.8 cm³/mol. The zero-order chi connectivity index (χ0) is 11.7. The molecule has 0 unspecified atom stereocenters. The lowest BCUT2D eigenvalue weighted by Gasteiger charge is -2.35. The Morgan fingerprint density at radius 2 is 1.65 bits per heavy atom. The lowest BCUT2D eigenvalue weighted by Crippen LogP contribution is -2.28. The highest BCUT2D eigenvalue weighted by atomic mass is 32.2. The van der Waals surface area contributed by atoms with E-state index in [1.165, 1.54) is 63.5 Å². The Kier molecular flexibility index (Phi) is 3.39. The van der Waals surface area contributed by atoms with Gasteiger partial charge in [-0.25, -0.2) is 0 Å². The van der Waals surface area contributed by atoms with Crippen LogP contribution in [0.2, 0.25) is 0 Å². The Balaban J connectivity index is 1.45. The molecule has 0 atom stereocenters. The average molecular weight is 249 g/mol. The monoisotopic (exact) mass is 249 g/mol. The molecule has 3 aliphatic carbocycles.